The summed E-state index contributed by atoms with van der Waals surface area (Å²) in [7, 11) is -2.36. The first kappa shape index (κ1) is 22.5. The Balaban J connectivity index is 1.37. The molecule has 0 radical (unpaired) electrons. The van der Waals surface area contributed by atoms with Gasteiger partial charge in [0.15, 0.2) is 0 Å². The van der Waals surface area contributed by atoms with Crippen molar-refractivity contribution in [2.45, 2.75) is 43.7 Å². The Morgan fingerprint density at radius 1 is 1.27 bits per heavy atom. The molecule has 0 saturated heterocycles. The number of ether oxygens (including phenoxy) is 1. The monoisotopic (exact) mass is 490 g/mol. The lowest BCUT2D eigenvalue weighted by molar-refractivity contribution is 0.101. The molecule has 1 aromatic carbocycles. The van der Waals surface area contributed by atoms with Gasteiger partial charge in [0, 0.05) is 5.92 Å². The van der Waals surface area contributed by atoms with Crippen molar-refractivity contribution in [3.05, 3.63) is 46.6 Å². The molecule has 4 atom stereocenters. The molecule has 4 N–H and O–H groups in total. The highest BCUT2D eigenvalue weighted by Crippen LogP contribution is 2.44. The Labute approximate surface area is 196 Å². The third-order valence-corrected chi connectivity index (χ3v) is 8.13. The van der Waals surface area contributed by atoms with Crippen LogP contribution in [0.4, 0.5) is 5.82 Å². The fourth-order valence-electron chi connectivity index (χ4n) is 5.00. The van der Waals surface area contributed by atoms with Crippen molar-refractivity contribution in [3.63, 3.8) is 0 Å². The number of hydrogen-bond donors (Lipinski definition) is 3. The number of aromatic nitrogens is 2. The lowest BCUT2D eigenvalue weighted by Crippen LogP contribution is -2.24. The number of rotatable bonds is 7. The second-order valence-electron chi connectivity index (χ2n) is 8.66. The fourth-order valence-corrected chi connectivity index (χ4v) is 6.42. The maximum Gasteiger partial charge on any atom is 0.333 e. The minimum atomic E-state index is -4.03. The first-order valence-electron chi connectivity index (χ1n) is 10.8. The summed E-state index contributed by atoms with van der Waals surface area (Å²) in [6.45, 7) is -0.120. The number of nitrogens with one attached hydrogen (secondary N) is 1. The molecule has 2 aromatic heterocycles. The van der Waals surface area contributed by atoms with E-state index in [9.17, 15) is 13.5 Å². The molecule has 2 heterocycles. The van der Waals surface area contributed by atoms with E-state index in [0.717, 1.165) is 40.2 Å². The standard InChI is InChI=1S/C22H26N4O5S2/c1-30-15-4-2-12-3-5-18(16(12)8-15)26-22-21-20(24-11-25-22)17(10-32-21)13-6-14(19(27)7-13)9-31-33(23,28)29/h2,4,8,10-11,13-14,18-19,27H,3,5-7,9H2,1H3,(H2,23,28,29)(H,24,25,26)/t13-,14+,18+,19+/m1/s1. The van der Waals surface area contributed by atoms with E-state index in [1.54, 1.807) is 24.8 Å². The first-order valence-corrected chi connectivity index (χ1v) is 13.2. The molecule has 0 spiro atoms. The van der Waals surface area contributed by atoms with E-state index in [1.165, 1.54) is 11.1 Å². The third kappa shape index (κ3) is 4.56. The van der Waals surface area contributed by atoms with Gasteiger partial charge in [-0.15, -0.1) is 11.3 Å². The van der Waals surface area contributed by atoms with Gasteiger partial charge in [0.05, 0.1) is 36.1 Å². The normalized spacial score (nSPS) is 24.8. The number of aryl methyl sites for hydroxylation is 1. The highest BCUT2D eigenvalue weighted by atomic mass is 32.2. The van der Waals surface area contributed by atoms with Crippen LogP contribution in [0.25, 0.3) is 10.2 Å². The number of nitrogens with two attached hydrogens (primary N) is 1. The maximum atomic E-state index is 11.1. The van der Waals surface area contributed by atoms with Gasteiger partial charge in [0.2, 0.25) is 0 Å². The molecular weight excluding hydrogens is 464 g/mol. The van der Waals surface area contributed by atoms with Gasteiger partial charge in [-0.25, -0.2) is 15.1 Å². The van der Waals surface area contributed by atoms with E-state index in [1.807, 2.05) is 6.07 Å². The van der Waals surface area contributed by atoms with E-state index in [-0.39, 0.29) is 24.5 Å². The van der Waals surface area contributed by atoms with Crippen molar-refractivity contribution in [1.29, 1.82) is 0 Å². The minimum Gasteiger partial charge on any atom is -0.497 e. The molecule has 176 valence electrons. The highest BCUT2D eigenvalue weighted by Gasteiger charge is 2.36. The van der Waals surface area contributed by atoms with Gasteiger partial charge in [0.1, 0.15) is 17.9 Å². The lowest BCUT2D eigenvalue weighted by atomic mass is 9.98. The van der Waals surface area contributed by atoms with Crippen molar-refractivity contribution < 1.29 is 22.4 Å². The average Bonchev–Trinajstić information content (AvgIpc) is 3.48. The van der Waals surface area contributed by atoms with Crippen LogP contribution in [0.5, 0.6) is 5.75 Å². The summed E-state index contributed by atoms with van der Waals surface area (Å²) >= 11 is 1.58. The molecule has 1 saturated carbocycles. The molecule has 11 heteroatoms. The Hall–Kier alpha value is -2.31. The predicted octanol–water partition coefficient (Wildman–Crippen LogP) is 2.87. The Bertz CT molecular complexity index is 1280. The van der Waals surface area contributed by atoms with Crippen LogP contribution in [0.2, 0.25) is 0 Å². The van der Waals surface area contributed by atoms with E-state index in [2.05, 4.69) is 32.8 Å². The van der Waals surface area contributed by atoms with Gasteiger partial charge in [0.25, 0.3) is 0 Å². The highest BCUT2D eigenvalue weighted by molar-refractivity contribution is 7.84. The van der Waals surface area contributed by atoms with Gasteiger partial charge in [-0.1, -0.05) is 6.07 Å². The van der Waals surface area contributed by atoms with Gasteiger partial charge in [-0.05, 0) is 65.8 Å². The number of benzene rings is 1. The van der Waals surface area contributed by atoms with Crippen LogP contribution in [0.3, 0.4) is 0 Å². The van der Waals surface area contributed by atoms with Gasteiger partial charge < -0.3 is 15.2 Å². The molecule has 9 nitrogen and oxygen atoms in total. The zero-order valence-corrected chi connectivity index (χ0v) is 19.7. The van der Waals surface area contributed by atoms with Crippen LogP contribution in [0.1, 0.15) is 47.9 Å². The zero-order chi connectivity index (χ0) is 23.2. The summed E-state index contributed by atoms with van der Waals surface area (Å²) in [5, 5.41) is 21.0. The second kappa shape index (κ2) is 8.80. The summed E-state index contributed by atoms with van der Waals surface area (Å²) in [4.78, 5) is 9.06. The molecule has 2 aliphatic rings. The molecule has 2 aliphatic carbocycles. The third-order valence-electron chi connectivity index (χ3n) is 6.67. The van der Waals surface area contributed by atoms with Gasteiger partial charge >= 0.3 is 10.3 Å². The van der Waals surface area contributed by atoms with Crippen LogP contribution in [0.15, 0.2) is 29.9 Å². The number of anilines is 1. The topological polar surface area (TPSA) is 137 Å². The fraction of sp³-hybridized carbons (Fsp3) is 0.455. The number of methoxy groups -OCH3 is 1. The van der Waals surface area contributed by atoms with Gasteiger partial charge in [-0.2, -0.15) is 8.42 Å². The van der Waals surface area contributed by atoms with E-state index < -0.39 is 16.4 Å². The number of aliphatic hydroxyl groups is 1. The Morgan fingerprint density at radius 3 is 2.91 bits per heavy atom. The summed E-state index contributed by atoms with van der Waals surface area (Å²) in [5.41, 5.74) is 4.46. The van der Waals surface area contributed by atoms with Crippen molar-refractivity contribution >= 4 is 37.7 Å². The summed E-state index contributed by atoms with van der Waals surface area (Å²) in [5.74, 6) is 1.40. The molecular formula is C22H26N4O5S2. The van der Waals surface area contributed by atoms with E-state index in [0.29, 0.717) is 12.8 Å². The minimum absolute atomic E-state index is 0.0575. The molecule has 3 aromatic rings. The largest absolute Gasteiger partial charge is 0.497 e. The molecule has 1 fully saturated rings. The quantitative estimate of drug-likeness (QED) is 0.460. The second-order valence-corrected chi connectivity index (χ2v) is 10.8. The number of aliphatic hydroxyl groups excluding tert-OH is 1. The van der Waals surface area contributed by atoms with Crippen molar-refractivity contribution in [1.82, 2.24) is 9.97 Å². The molecule has 0 amide bonds. The maximum absolute atomic E-state index is 11.1. The smallest absolute Gasteiger partial charge is 0.333 e. The SMILES string of the molecule is COc1ccc2c(c1)[C@@H](Nc1ncnc3c([C@@H]4C[C@@H](COS(N)(=O)=O)[C@@H](O)C4)csc13)CC2. The van der Waals surface area contributed by atoms with E-state index in [4.69, 9.17) is 14.1 Å². The van der Waals surface area contributed by atoms with Crippen LogP contribution < -0.4 is 15.2 Å². The van der Waals surface area contributed by atoms with E-state index >= 15 is 0 Å². The Kier molecular flexibility index (Phi) is 6.00. The van der Waals surface area contributed by atoms with Crippen molar-refractivity contribution in [2.24, 2.45) is 11.1 Å². The summed E-state index contributed by atoms with van der Waals surface area (Å²) in [6, 6.07) is 6.34. The number of thiophene rings is 1. The van der Waals surface area contributed by atoms with Gasteiger partial charge in [-0.3, -0.25) is 4.18 Å². The van der Waals surface area contributed by atoms with Crippen LogP contribution in [0, 0.1) is 5.92 Å². The zero-order valence-electron chi connectivity index (χ0n) is 18.1. The van der Waals surface area contributed by atoms with Crippen LogP contribution in [-0.4, -0.2) is 43.3 Å². The first-order chi connectivity index (χ1) is 15.8. The van der Waals surface area contributed by atoms with Crippen LogP contribution in [-0.2, 0) is 20.9 Å². The Morgan fingerprint density at radius 2 is 2.12 bits per heavy atom. The summed E-state index contributed by atoms with van der Waals surface area (Å²) in [6.07, 6.45) is 4.01. The number of nitrogens with zero attached hydrogens (tertiary/aromatic N) is 2. The van der Waals surface area contributed by atoms with Crippen molar-refractivity contribution in [2.75, 3.05) is 19.0 Å². The lowest BCUT2D eigenvalue weighted by Gasteiger charge is -2.16. The number of fused-ring (bicyclic) bond motifs is 2. The predicted molar refractivity (Wildman–Crippen MR) is 126 cm³/mol. The molecule has 33 heavy (non-hydrogen) atoms. The molecule has 0 unspecified atom stereocenters. The molecule has 5 rings (SSSR count). The van der Waals surface area contributed by atoms with Crippen molar-refractivity contribution in [3.8, 4) is 5.75 Å². The number of hydrogen-bond acceptors (Lipinski definition) is 9. The molecule has 0 aliphatic heterocycles. The molecule has 0 bridgehead atoms. The average molecular weight is 491 g/mol. The van der Waals surface area contributed by atoms with Crippen LogP contribution >= 0.6 is 11.3 Å². The summed E-state index contributed by atoms with van der Waals surface area (Å²) < 4.78 is 33.3.